The van der Waals surface area contributed by atoms with Crippen molar-refractivity contribution in [3.05, 3.63) is 45.9 Å². The SMILES string of the molecule is Cc1sc(CO)cc1S(=O)(=O)N(C)Cc1ccccn1. The fourth-order valence-electron chi connectivity index (χ4n) is 1.83. The third-order valence-electron chi connectivity index (χ3n) is 2.88. The predicted molar refractivity (Wildman–Crippen MR) is 77.9 cm³/mol. The maximum Gasteiger partial charge on any atom is 0.244 e. The van der Waals surface area contributed by atoms with Crippen LogP contribution in [-0.2, 0) is 23.2 Å². The van der Waals surface area contributed by atoms with Crippen LogP contribution in [-0.4, -0.2) is 29.9 Å². The van der Waals surface area contributed by atoms with Crippen LogP contribution in [0.1, 0.15) is 15.4 Å². The Kier molecular flexibility index (Phi) is 4.54. The third-order valence-corrected chi connectivity index (χ3v) is 5.97. The van der Waals surface area contributed by atoms with Crippen LogP contribution in [0.5, 0.6) is 0 Å². The Bertz CT molecular complexity index is 681. The highest BCUT2D eigenvalue weighted by molar-refractivity contribution is 7.89. The predicted octanol–water partition coefficient (Wildman–Crippen LogP) is 1.76. The van der Waals surface area contributed by atoms with Gasteiger partial charge in [0.05, 0.1) is 23.7 Å². The first-order chi connectivity index (χ1) is 9.45. The Morgan fingerprint density at radius 3 is 2.70 bits per heavy atom. The van der Waals surface area contributed by atoms with Gasteiger partial charge in [-0.15, -0.1) is 11.3 Å². The van der Waals surface area contributed by atoms with E-state index in [-0.39, 0.29) is 18.0 Å². The molecule has 0 aromatic carbocycles. The summed E-state index contributed by atoms with van der Waals surface area (Å²) in [4.78, 5) is 5.71. The zero-order valence-corrected chi connectivity index (χ0v) is 12.9. The minimum absolute atomic E-state index is 0.148. The van der Waals surface area contributed by atoms with Gasteiger partial charge in [0.1, 0.15) is 0 Å². The van der Waals surface area contributed by atoms with Crippen LogP contribution in [0.2, 0.25) is 0 Å². The van der Waals surface area contributed by atoms with E-state index in [9.17, 15) is 8.42 Å². The molecule has 0 saturated carbocycles. The molecule has 0 aliphatic carbocycles. The van der Waals surface area contributed by atoms with Crippen LogP contribution in [0.15, 0.2) is 35.4 Å². The first-order valence-corrected chi connectivity index (χ1v) is 8.27. The molecule has 0 unspecified atom stereocenters. The average molecular weight is 312 g/mol. The standard InChI is InChI=1S/C13H16N2O3S2/c1-10-13(7-12(9-16)19-10)20(17,18)15(2)8-11-5-3-4-6-14-11/h3-7,16H,8-9H2,1-2H3. The van der Waals surface area contributed by atoms with Crippen molar-refractivity contribution in [2.75, 3.05) is 7.05 Å². The monoisotopic (exact) mass is 312 g/mol. The number of thiophene rings is 1. The number of hydrogen-bond acceptors (Lipinski definition) is 5. The van der Waals surface area contributed by atoms with Crippen molar-refractivity contribution in [3.63, 3.8) is 0 Å². The molecule has 0 aliphatic rings. The van der Waals surface area contributed by atoms with Gasteiger partial charge in [0.25, 0.3) is 0 Å². The molecule has 0 radical (unpaired) electrons. The molecule has 0 saturated heterocycles. The normalized spacial score (nSPS) is 12.0. The number of sulfonamides is 1. The maximum absolute atomic E-state index is 12.5. The molecule has 2 aromatic rings. The molecule has 0 aliphatic heterocycles. The first-order valence-electron chi connectivity index (χ1n) is 6.01. The summed E-state index contributed by atoms with van der Waals surface area (Å²) in [5.74, 6) is 0. The fourth-order valence-corrected chi connectivity index (χ4v) is 4.43. The highest BCUT2D eigenvalue weighted by Gasteiger charge is 2.25. The molecule has 5 nitrogen and oxygen atoms in total. The summed E-state index contributed by atoms with van der Waals surface area (Å²) in [6, 6.07) is 6.92. The molecule has 2 rings (SSSR count). The van der Waals surface area contributed by atoms with Crippen molar-refractivity contribution in [2.24, 2.45) is 0 Å². The summed E-state index contributed by atoms with van der Waals surface area (Å²) < 4.78 is 26.3. The van der Waals surface area contributed by atoms with Crippen molar-refractivity contribution in [1.82, 2.24) is 9.29 Å². The quantitative estimate of drug-likeness (QED) is 0.913. The summed E-state index contributed by atoms with van der Waals surface area (Å²) in [6.07, 6.45) is 1.63. The lowest BCUT2D eigenvalue weighted by atomic mass is 10.3. The molecular weight excluding hydrogens is 296 g/mol. The number of rotatable bonds is 5. The number of aryl methyl sites for hydroxylation is 1. The van der Waals surface area contributed by atoms with Gasteiger partial charge < -0.3 is 5.11 Å². The maximum atomic E-state index is 12.5. The van der Waals surface area contributed by atoms with Gasteiger partial charge >= 0.3 is 0 Å². The van der Waals surface area contributed by atoms with Crippen molar-refractivity contribution in [3.8, 4) is 0 Å². The lowest BCUT2D eigenvalue weighted by molar-refractivity contribution is 0.285. The van der Waals surface area contributed by atoms with Gasteiger partial charge in [0.2, 0.25) is 10.0 Å². The van der Waals surface area contributed by atoms with E-state index in [1.54, 1.807) is 25.3 Å². The number of aliphatic hydroxyl groups is 1. The Hall–Kier alpha value is -1.28. The molecule has 0 fully saturated rings. The van der Waals surface area contributed by atoms with Crippen LogP contribution in [0.4, 0.5) is 0 Å². The number of aliphatic hydroxyl groups excluding tert-OH is 1. The van der Waals surface area contributed by atoms with Crippen molar-refractivity contribution >= 4 is 21.4 Å². The summed E-state index contributed by atoms with van der Waals surface area (Å²) >= 11 is 1.29. The Labute approximate surface area is 122 Å². The molecule has 7 heteroatoms. The summed E-state index contributed by atoms with van der Waals surface area (Å²) in [5, 5.41) is 9.11. The minimum Gasteiger partial charge on any atom is -0.391 e. The lowest BCUT2D eigenvalue weighted by Crippen LogP contribution is -2.27. The zero-order valence-electron chi connectivity index (χ0n) is 11.3. The highest BCUT2D eigenvalue weighted by Crippen LogP contribution is 2.28. The second-order valence-electron chi connectivity index (χ2n) is 4.37. The molecule has 0 spiro atoms. The van der Waals surface area contributed by atoms with E-state index in [0.717, 1.165) is 0 Å². The van der Waals surface area contributed by atoms with Gasteiger partial charge in [0.15, 0.2) is 0 Å². The molecule has 1 N–H and O–H groups in total. The zero-order chi connectivity index (χ0) is 14.8. The molecular formula is C13H16N2O3S2. The van der Waals surface area contributed by atoms with Crippen molar-refractivity contribution in [2.45, 2.75) is 25.0 Å². The molecule has 0 atom stereocenters. The number of pyridine rings is 1. The van der Waals surface area contributed by atoms with E-state index in [4.69, 9.17) is 5.11 Å². The van der Waals surface area contributed by atoms with E-state index in [0.29, 0.717) is 15.4 Å². The molecule has 0 bridgehead atoms. The fraction of sp³-hybridized carbons (Fsp3) is 0.308. The molecule has 0 amide bonds. The Balaban J connectivity index is 2.27. The van der Waals surface area contributed by atoms with Crippen LogP contribution in [0.3, 0.4) is 0 Å². The molecule has 108 valence electrons. The third kappa shape index (κ3) is 3.06. The van der Waals surface area contributed by atoms with E-state index in [2.05, 4.69) is 4.98 Å². The van der Waals surface area contributed by atoms with Crippen LogP contribution < -0.4 is 0 Å². The number of aromatic nitrogens is 1. The molecule has 2 aromatic heterocycles. The first kappa shape index (κ1) is 15.1. The van der Waals surface area contributed by atoms with Crippen molar-refractivity contribution < 1.29 is 13.5 Å². The van der Waals surface area contributed by atoms with Gasteiger partial charge in [-0.1, -0.05) is 6.07 Å². The van der Waals surface area contributed by atoms with Gasteiger partial charge in [-0.2, -0.15) is 4.31 Å². The largest absolute Gasteiger partial charge is 0.391 e. The van der Waals surface area contributed by atoms with E-state index in [1.807, 2.05) is 6.07 Å². The summed E-state index contributed by atoms with van der Waals surface area (Å²) in [7, 11) is -2.04. The second kappa shape index (κ2) is 6.01. The van der Waals surface area contributed by atoms with Gasteiger partial charge in [-0.05, 0) is 25.1 Å². The topological polar surface area (TPSA) is 70.5 Å². The number of nitrogens with zero attached hydrogens (tertiary/aromatic N) is 2. The van der Waals surface area contributed by atoms with E-state index >= 15 is 0 Å². The minimum atomic E-state index is -3.56. The van der Waals surface area contributed by atoms with Crippen LogP contribution in [0, 0.1) is 6.92 Å². The summed E-state index contributed by atoms with van der Waals surface area (Å²) in [6.45, 7) is 1.81. The van der Waals surface area contributed by atoms with E-state index in [1.165, 1.54) is 28.8 Å². The second-order valence-corrected chi connectivity index (χ2v) is 7.73. The highest BCUT2D eigenvalue weighted by atomic mass is 32.2. The van der Waals surface area contributed by atoms with Gasteiger partial charge in [-0.3, -0.25) is 4.98 Å². The lowest BCUT2D eigenvalue weighted by Gasteiger charge is -2.16. The summed E-state index contributed by atoms with van der Waals surface area (Å²) in [5.41, 5.74) is 0.689. The Morgan fingerprint density at radius 1 is 1.40 bits per heavy atom. The Morgan fingerprint density at radius 2 is 2.15 bits per heavy atom. The van der Waals surface area contributed by atoms with E-state index < -0.39 is 10.0 Å². The average Bonchev–Trinajstić information content (AvgIpc) is 2.82. The molecule has 2 heterocycles. The van der Waals surface area contributed by atoms with Gasteiger partial charge in [-0.25, -0.2) is 8.42 Å². The van der Waals surface area contributed by atoms with Crippen LogP contribution in [0.25, 0.3) is 0 Å². The van der Waals surface area contributed by atoms with Crippen LogP contribution >= 0.6 is 11.3 Å². The molecule has 20 heavy (non-hydrogen) atoms. The number of hydrogen-bond donors (Lipinski definition) is 1. The van der Waals surface area contributed by atoms with Gasteiger partial charge in [0, 0.05) is 23.0 Å². The van der Waals surface area contributed by atoms with Crippen molar-refractivity contribution in [1.29, 1.82) is 0 Å². The smallest absolute Gasteiger partial charge is 0.244 e.